The number of hydrogen-bond donors (Lipinski definition) is 2. The summed E-state index contributed by atoms with van der Waals surface area (Å²) in [5, 5.41) is 7.99. The number of aromatic amines is 1. The Hall–Kier alpha value is -3.54. The number of H-pyrrole nitrogens is 1. The SMILES string of the molecule is CN1CC=C(c2cn3c(-c4cnn(C(F)F)c4)cnc3c(NCc3nc4cc(Cl)c(Cl)cc4[nH]3)n2)CC1. The molecule has 5 aromatic rings. The van der Waals surface area contributed by atoms with Crippen molar-refractivity contribution >= 4 is 51.3 Å². The number of aromatic nitrogens is 7. The number of anilines is 1. The van der Waals surface area contributed by atoms with Crippen molar-refractivity contribution in [1.29, 1.82) is 0 Å². The Labute approximate surface area is 219 Å². The number of nitrogens with one attached hydrogen (secondary N) is 2. The lowest BCUT2D eigenvalue weighted by molar-refractivity contribution is 0.0566. The molecular formula is C24H21Cl2F2N9. The molecule has 37 heavy (non-hydrogen) atoms. The van der Waals surface area contributed by atoms with Crippen LogP contribution in [0.4, 0.5) is 14.6 Å². The predicted molar refractivity (Wildman–Crippen MR) is 139 cm³/mol. The van der Waals surface area contributed by atoms with Gasteiger partial charge >= 0.3 is 6.55 Å². The van der Waals surface area contributed by atoms with E-state index in [4.69, 9.17) is 28.2 Å². The fourth-order valence-electron chi connectivity index (χ4n) is 4.36. The van der Waals surface area contributed by atoms with Crippen LogP contribution < -0.4 is 5.32 Å². The Bertz CT molecular complexity index is 1610. The first kappa shape index (κ1) is 23.8. The van der Waals surface area contributed by atoms with Crippen LogP contribution in [0, 0.1) is 0 Å². The van der Waals surface area contributed by atoms with E-state index >= 15 is 0 Å². The van der Waals surface area contributed by atoms with E-state index in [2.05, 4.69) is 43.4 Å². The Kier molecular flexibility index (Phi) is 6.06. The summed E-state index contributed by atoms with van der Waals surface area (Å²) in [5.41, 5.74) is 5.09. The van der Waals surface area contributed by atoms with Crippen LogP contribution in [0.25, 0.3) is 33.5 Å². The van der Waals surface area contributed by atoms with Gasteiger partial charge < -0.3 is 15.2 Å². The normalized spacial score (nSPS) is 14.7. The average Bonchev–Trinajstić information content (AvgIpc) is 3.61. The number of fused-ring (bicyclic) bond motifs is 2. The standard InChI is InChI=1S/C24H21Cl2F2N9/c1-35-4-2-13(3-5-35)19-12-36-20(14-8-31-37(11-14)24(27)28)9-30-23(36)22(34-19)29-10-21-32-17-6-15(25)16(26)7-18(17)33-21/h2,6-9,11-12,24H,3-5,10H2,1H3,(H,29,34)(H,32,33). The van der Waals surface area contributed by atoms with Gasteiger partial charge in [0.05, 0.1) is 51.4 Å². The summed E-state index contributed by atoms with van der Waals surface area (Å²) < 4.78 is 28.8. The van der Waals surface area contributed by atoms with Crippen LogP contribution in [-0.4, -0.2) is 59.2 Å². The maximum atomic E-state index is 13.1. The van der Waals surface area contributed by atoms with Gasteiger partial charge in [0.25, 0.3) is 0 Å². The van der Waals surface area contributed by atoms with Gasteiger partial charge in [-0.05, 0) is 31.2 Å². The smallest absolute Gasteiger partial charge is 0.333 e. The number of nitrogens with zero attached hydrogens (tertiary/aromatic N) is 7. The highest BCUT2D eigenvalue weighted by molar-refractivity contribution is 6.42. The van der Waals surface area contributed by atoms with Crippen molar-refractivity contribution in [3.8, 4) is 11.3 Å². The molecule has 13 heteroatoms. The van der Waals surface area contributed by atoms with Gasteiger partial charge in [-0.1, -0.05) is 29.3 Å². The van der Waals surface area contributed by atoms with Gasteiger partial charge in [0.2, 0.25) is 0 Å². The van der Waals surface area contributed by atoms with Crippen molar-refractivity contribution in [1.82, 2.24) is 39.0 Å². The minimum atomic E-state index is -2.72. The quantitative estimate of drug-likeness (QED) is 0.293. The molecule has 4 aromatic heterocycles. The molecule has 0 atom stereocenters. The first-order valence-corrected chi connectivity index (χ1v) is 12.3. The highest BCUT2D eigenvalue weighted by atomic mass is 35.5. The first-order chi connectivity index (χ1) is 17.9. The third-order valence-electron chi connectivity index (χ3n) is 6.33. The van der Waals surface area contributed by atoms with E-state index in [1.54, 1.807) is 18.3 Å². The number of halogens is 4. The molecule has 0 amide bonds. The van der Waals surface area contributed by atoms with Crippen LogP contribution in [0.1, 0.15) is 24.5 Å². The molecule has 1 aliphatic heterocycles. The number of rotatable bonds is 6. The van der Waals surface area contributed by atoms with Gasteiger partial charge in [0, 0.05) is 31.0 Å². The minimum Gasteiger partial charge on any atom is -0.360 e. The van der Waals surface area contributed by atoms with E-state index in [1.165, 1.54) is 12.4 Å². The second-order valence-electron chi connectivity index (χ2n) is 8.86. The molecule has 9 nitrogen and oxygen atoms in total. The summed E-state index contributed by atoms with van der Waals surface area (Å²) in [6.45, 7) is -0.653. The zero-order valence-corrected chi connectivity index (χ0v) is 21.1. The Morgan fingerprint density at radius 3 is 2.73 bits per heavy atom. The molecule has 1 aliphatic rings. The van der Waals surface area contributed by atoms with Gasteiger partial charge in [-0.15, -0.1) is 0 Å². The lowest BCUT2D eigenvalue weighted by Gasteiger charge is -2.22. The van der Waals surface area contributed by atoms with Gasteiger partial charge in [-0.2, -0.15) is 13.9 Å². The fraction of sp³-hybridized carbons (Fsp3) is 0.250. The highest BCUT2D eigenvalue weighted by Gasteiger charge is 2.19. The lowest BCUT2D eigenvalue weighted by Crippen LogP contribution is -2.24. The van der Waals surface area contributed by atoms with Gasteiger partial charge in [0.15, 0.2) is 11.5 Å². The van der Waals surface area contributed by atoms with E-state index in [0.717, 1.165) is 36.3 Å². The molecule has 2 N–H and O–H groups in total. The molecular weight excluding hydrogens is 523 g/mol. The van der Waals surface area contributed by atoms with Crippen molar-refractivity contribution in [2.75, 3.05) is 25.5 Å². The molecule has 190 valence electrons. The van der Waals surface area contributed by atoms with Crippen LogP contribution in [0.2, 0.25) is 10.0 Å². The summed E-state index contributed by atoms with van der Waals surface area (Å²) in [7, 11) is 2.07. The number of benzene rings is 1. The fourth-order valence-corrected chi connectivity index (χ4v) is 4.69. The van der Waals surface area contributed by atoms with E-state index < -0.39 is 6.55 Å². The van der Waals surface area contributed by atoms with Gasteiger partial charge in [0.1, 0.15) is 5.82 Å². The zero-order valence-electron chi connectivity index (χ0n) is 19.6. The van der Waals surface area contributed by atoms with Crippen molar-refractivity contribution in [2.45, 2.75) is 19.5 Å². The molecule has 0 saturated heterocycles. The maximum Gasteiger partial charge on any atom is 0.333 e. The number of likely N-dealkylation sites (N-methyl/N-ethyl adjacent to an activating group) is 1. The second kappa shape index (κ2) is 9.40. The Morgan fingerprint density at radius 2 is 1.97 bits per heavy atom. The van der Waals surface area contributed by atoms with Crippen molar-refractivity contribution in [2.24, 2.45) is 0 Å². The van der Waals surface area contributed by atoms with Crippen molar-refractivity contribution < 1.29 is 8.78 Å². The van der Waals surface area contributed by atoms with E-state index in [9.17, 15) is 8.78 Å². The molecule has 6 rings (SSSR count). The summed E-state index contributed by atoms with van der Waals surface area (Å²) in [6.07, 6.45) is 9.23. The molecule has 0 bridgehead atoms. The first-order valence-electron chi connectivity index (χ1n) is 11.5. The third kappa shape index (κ3) is 4.54. The van der Waals surface area contributed by atoms with E-state index in [0.29, 0.717) is 55.3 Å². The number of hydrogen-bond acceptors (Lipinski definition) is 6. The Morgan fingerprint density at radius 1 is 1.14 bits per heavy atom. The van der Waals surface area contributed by atoms with Gasteiger partial charge in [-0.25, -0.2) is 19.6 Å². The van der Waals surface area contributed by atoms with Crippen LogP contribution in [-0.2, 0) is 6.54 Å². The molecule has 0 spiro atoms. The monoisotopic (exact) mass is 543 g/mol. The van der Waals surface area contributed by atoms with Crippen LogP contribution in [0.15, 0.2) is 43.0 Å². The summed E-state index contributed by atoms with van der Waals surface area (Å²) in [4.78, 5) is 19.5. The van der Waals surface area contributed by atoms with Crippen LogP contribution in [0.3, 0.4) is 0 Å². The molecule has 0 radical (unpaired) electrons. The second-order valence-corrected chi connectivity index (χ2v) is 9.68. The van der Waals surface area contributed by atoms with Crippen molar-refractivity contribution in [3.05, 3.63) is 64.6 Å². The predicted octanol–water partition coefficient (Wildman–Crippen LogP) is 5.50. The third-order valence-corrected chi connectivity index (χ3v) is 7.05. The topological polar surface area (TPSA) is 92.0 Å². The summed E-state index contributed by atoms with van der Waals surface area (Å²) in [6, 6.07) is 3.45. The summed E-state index contributed by atoms with van der Waals surface area (Å²) >= 11 is 12.3. The van der Waals surface area contributed by atoms with Crippen molar-refractivity contribution in [3.63, 3.8) is 0 Å². The van der Waals surface area contributed by atoms with E-state index in [-0.39, 0.29) is 0 Å². The number of alkyl halides is 2. The summed E-state index contributed by atoms with van der Waals surface area (Å²) in [5.74, 6) is 1.21. The van der Waals surface area contributed by atoms with Gasteiger partial charge in [-0.3, -0.25) is 4.40 Å². The van der Waals surface area contributed by atoms with Crippen LogP contribution >= 0.6 is 23.2 Å². The Balaban J connectivity index is 1.39. The highest BCUT2D eigenvalue weighted by Crippen LogP contribution is 2.30. The maximum absolute atomic E-state index is 13.1. The zero-order chi connectivity index (χ0) is 25.7. The molecule has 0 saturated carbocycles. The van der Waals surface area contributed by atoms with Crippen LogP contribution in [0.5, 0.6) is 0 Å². The number of imidazole rings is 2. The average molecular weight is 544 g/mol. The molecule has 5 heterocycles. The largest absolute Gasteiger partial charge is 0.360 e. The molecule has 0 fully saturated rings. The lowest BCUT2D eigenvalue weighted by atomic mass is 10.1. The molecule has 0 aliphatic carbocycles. The molecule has 1 aromatic carbocycles. The van der Waals surface area contributed by atoms with E-state index in [1.807, 2.05) is 10.6 Å². The minimum absolute atomic E-state index is 0.337. The molecule has 0 unspecified atom stereocenters.